The van der Waals surface area contributed by atoms with Gasteiger partial charge >= 0.3 is 0 Å². The number of nitrogens with two attached hydrogens (primary N) is 1. The molecule has 1 spiro atoms. The van der Waals surface area contributed by atoms with Gasteiger partial charge in [-0.15, -0.1) is 0 Å². The average Bonchev–Trinajstić information content (AvgIpc) is 2.84. The first-order valence-corrected chi connectivity index (χ1v) is 6.55. The van der Waals surface area contributed by atoms with Gasteiger partial charge in [0.25, 0.3) is 6.02 Å². The number of hydrogen-bond acceptors (Lipinski definition) is 6. The Morgan fingerprint density at radius 2 is 2.14 bits per heavy atom. The smallest absolute Gasteiger partial charge is 0.283 e. The quantitative estimate of drug-likeness (QED) is 0.649. The summed E-state index contributed by atoms with van der Waals surface area (Å²) >= 11 is 0. The van der Waals surface area contributed by atoms with Crippen LogP contribution in [-0.2, 0) is 10.3 Å². The van der Waals surface area contributed by atoms with E-state index in [0.29, 0.717) is 11.6 Å². The van der Waals surface area contributed by atoms with Gasteiger partial charge in [0.05, 0.1) is 0 Å². The van der Waals surface area contributed by atoms with Crippen LogP contribution in [0, 0.1) is 0 Å². The molecule has 2 aliphatic heterocycles. The number of fused-ring (bicyclic) bond motifs is 4. The van der Waals surface area contributed by atoms with Crippen molar-refractivity contribution in [1.29, 1.82) is 0 Å². The second kappa shape index (κ2) is 3.91. The minimum atomic E-state index is -0.815. The van der Waals surface area contributed by atoms with Crippen LogP contribution < -0.4 is 15.9 Å². The van der Waals surface area contributed by atoms with Crippen LogP contribution in [0.5, 0.6) is 17.4 Å². The number of benzene rings is 1. The summed E-state index contributed by atoms with van der Waals surface area (Å²) in [5, 5.41) is 9.81. The molecule has 104 valence electrons. The maximum Gasteiger partial charge on any atom is 0.283 e. The number of aliphatic imine (C=N–C) groups is 1. The fraction of sp³-hybridized carbons (Fsp3) is 0.143. The molecule has 0 radical (unpaired) electrons. The van der Waals surface area contributed by atoms with Gasteiger partial charge in [0.2, 0.25) is 5.88 Å². The number of hydrogen-bond donors (Lipinski definition) is 2. The molecule has 21 heavy (non-hydrogen) atoms. The minimum Gasteiger partial charge on any atom is -0.508 e. The number of nitrogens with zero attached hydrogens (tertiary/aromatic N) is 2. The summed E-state index contributed by atoms with van der Waals surface area (Å²) in [5.74, 6) is 1.22. The van der Waals surface area contributed by atoms with Gasteiger partial charge in [-0.2, -0.15) is 0 Å². The van der Waals surface area contributed by atoms with E-state index in [1.807, 2.05) is 13.9 Å². The zero-order chi connectivity index (χ0) is 14.6. The molecule has 7 heteroatoms. The zero-order valence-electron chi connectivity index (χ0n) is 11.3. The first-order valence-electron chi connectivity index (χ1n) is 6.55. The van der Waals surface area contributed by atoms with E-state index in [4.69, 9.17) is 15.2 Å². The van der Waals surface area contributed by atoms with E-state index in [1.165, 1.54) is 0 Å². The Bertz CT molecular complexity index is 740. The number of ether oxygens (including phenoxy) is 2. The van der Waals surface area contributed by atoms with Gasteiger partial charge in [-0.25, -0.2) is 9.98 Å². The lowest BCUT2D eigenvalue weighted by atomic mass is 9.80. The van der Waals surface area contributed by atoms with Crippen LogP contribution >= 0.6 is 0 Å². The molecule has 1 aromatic carbocycles. The highest BCUT2D eigenvalue weighted by Crippen LogP contribution is 2.50. The maximum absolute atomic E-state index is 9.81. The van der Waals surface area contributed by atoms with Crippen LogP contribution in [0.2, 0.25) is 0 Å². The van der Waals surface area contributed by atoms with Crippen molar-refractivity contribution in [2.24, 2.45) is 10.7 Å². The van der Waals surface area contributed by atoms with E-state index in [9.17, 15) is 5.11 Å². The van der Waals surface area contributed by atoms with Gasteiger partial charge in [0.1, 0.15) is 26.0 Å². The molecule has 0 fully saturated rings. The minimum absolute atomic E-state index is 0.124. The molecular weight excluding hydrogens is 269 g/mol. The molecular formula is C14H12BN3O3. The summed E-state index contributed by atoms with van der Waals surface area (Å²) < 4.78 is 11.2. The largest absolute Gasteiger partial charge is 0.508 e. The predicted molar refractivity (Wildman–Crippen MR) is 79.0 cm³/mol. The Labute approximate surface area is 121 Å². The first-order chi connectivity index (χ1) is 10.1. The van der Waals surface area contributed by atoms with Gasteiger partial charge < -0.3 is 20.3 Å². The summed E-state index contributed by atoms with van der Waals surface area (Å²) in [6, 6.07) is 6.97. The van der Waals surface area contributed by atoms with Crippen LogP contribution in [-0.4, -0.2) is 30.6 Å². The van der Waals surface area contributed by atoms with Crippen molar-refractivity contribution >= 4 is 19.3 Å². The van der Waals surface area contributed by atoms with Crippen molar-refractivity contribution in [3.63, 3.8) is 0 Å². The summed E-state index contributed by atoms with van der Waals surface area (Å²) in [5.41, 5.74) is 7.42. The highest BCUT2D eigenvalue weighted by atomic mass is 16.5. The third-order valence-electron chi connectivity index (χ3n) is 3.78. The lowest BCUT2D eigenvalue weighted by Gasteiger charge is -2.32. The second-order valence-electron chi connectivity index (χ2n) is 5.25. The Morgan fingerprint density at radius 1 is 1.29 bits per heavy atom. The van der Waals surface area contributed by atoms with Gasteiger partial charge in [-0.3, -0.25) is 0 Å². The standard InChI is InChI=1S/C14H12BN3O3/c15-7-3-10-12(17-5-7)21-11-2-1-8(19)4-9(11)14(10)6-20-13(16)18-14/h1-5,19H,6,15H2,(H2,16,18)/t14-/m0/s1. The Kier molecular flexibility index (Phi) is 2.25. The van der Waals surface area contributed by atoms with Crippen molar-refractivity contribution in [2.75, 3.05) is 6.61 Å². The van der Waals surface area contributed by atoms with Gasteiger partial charge in [-0.1, -0.05) is 11.5 Å². The number of pyridine rings is 1. The molecule has 3 N–H and O–H groups in total. The van der Waals surface area contributed by atoms with Gasteiger partial charge in [-0.05, 0) is 18.2 Å². The molecule has 2 aromatic rings. The highest BCUT2D eigenvalue weighted by Gasteiger charge is 2.47. The van der Waals surface area contributed by atoms with Crippen LogP contribution in [0.1, 0.15) is 11.1 Å². The Balaban J connectivity index is 2.05. The molecule has 0 bridgehead atoms. The number of phenolic OH excluding ortho intramolecular Hbond substituents is 1. The number of aromatic nitrogens is 1. The summed E-state index contributed by atoms with van der Waals surface area (Å²) in [4.78, 5) is 8.82. The van der Waals surface area contributed by atoms with E-state index < -0.39 is 5.54 Å². The summed E-state index contributed by atoms with van der Waals surface area (Å²) in [6.45, 7) is 0.261. The van der Waals surface area contributed by atoms with Crippen LogP contribution in [0.4, 0.5) is 0 Å². The number of amidine groups is 1. The van der Waals surface area contributed by atoms with Crippen molar-refractivity contribution in [1.82, 2.24) is 4.98 Å². The maximum atomic E-state index is 9.81. The third-order valence-corrected chi connectivity index (χ3v) is 3.78. The van der Waals surface area contributed by atoms with E-state index in [2.05, 4.69) is 9.98 Å². The molecule has 0 amide bonds. The normalized spacial score (nSPS) is 22.0. The molecule has 4 rings (SSSR count). The Morgan fingerprint density at radius 3 is 2.90 bits per heavy atom. The predicted octanol–water partition coefficient (Wildman–Crippen LogP) is -0.260. The molecule has 3 heterocycles. The second-order valence-corrected chi connectivity index (χ2v) is 5.25. The van der Waals surface area contributed by atoms with E-state index >= 15 is 0 Å². The molecule has 0 saturated carbocycles. The zero-order valence-corrected chi connectivity index (χ0v) is 11.3. The summed E-state index contributed by atoms with van der Waals surface area (Å²) in [7, 11) is 1.95. The van der Waals surface area contributed by atoms with E-state index in [0.717, 1.165) is 16.6 Å². The fourth-order valence-electron chi connectivity index (χ4n) is 2.82. The van der Waals surface area contributed by atoms with Crippen molar-refractivity contribution in [3.05, 3.63) is 41.6 Å². The van der Waals surface area contributed by atoms with Gasteiger partial charge in [0.15, 0.2) is 5.54 Å². The SMILES string of the molecule is Bc1cnc2c(c1)[C@]1(COC(N)=N1)c1cc(O)ccc1O2. The topological polar surface area (TPSA) is 90.0 Å². The molecule has 0 unspecified atom stereocenters. The molecule has 1 atom stereocenters. The van der Waals surface area contributed by atoms with Crippen molar-refractivity contribution in [2.45, 2.75) is 5.54 Å². The lowest BCUT2D eigenvalue weighted by molar-refractivity contribution is 0.262. The summed E-state index contributed by atoms with van der Waals surface area (Å²) in [6.07, 6.45) is 1.74. The van der Waals surface area contributed by atoms with Crippen LogP contribution in [0.3, 0.4) is 0 Å². The van der Waals surface area contributed by atoms with E-state index in [-0.39, 0.29) is 18.4 Å². The third kappa shape index (κ3) is 1.60. The molecule has 2 aliphatic rings. The first kappa shape index (κ1) is 12.1. The molecule has 0 saturated heterocycles. The number of phenols is 1. The van der Waals surface area contributed by atoms with Crippen molar-refractivity contribution < 1.29 is 14.6 Å². The number of rotatable bonds is 0. The monoisotopic (exact) mass is 281 g/mol. The molecule has 1 aromatic heterocycles. The van der Waals surface area contributed by atoms with E-state index in [1.54, 1.807) is 24.4 Å². The number of aromatic hydroxyl groups is 1. The van der Waals surface area contributed by atoms with Crippen LogP contribution in [0.15, 0.2) is 35.5 Å². The average molecular weight is 281 g/mol. The Hall–Kier alpha value is -2.70. The van der Waals surface area contributed by atoms with Crippen molar-refractivity contribution in [3.8, 4) is 17.4 Å². The molecule has 0 aliphatic carbocycles. The fourth-order valence-corrected chi connectivity index (χ4v) is 2.82. The highest BCUT2D eigenvalue weighted by molar-refractivity contribution is 6.32. The van der Waals surface area contributed by atoms with Gasteiger partial charge in [0, 0.05) is 17.3 Å². The lowest BCUT2D eigenvalue weighted by Crippen LogP contribution is -2.32. The van der Waals surface area contributed by atoms with Crippen LogP contribution in [0.25, 0.3) is 0 Å². The molecule has 6 nitrogen and oxygen atoms in total.